The Labute approximate surface area is 111 Å². The van der Waals surface area contributed by atoms with E-state index in [9.17, 15) is 0 Å². The molecule has 0 aliphatic heterocycles. The van der Waals surface area contributed by atoms with Crippen molar-refractivity contribution in [3.8, 4) is 0 Å². The van der Waals surface area contributed by atoms with Crippen molar-refractivity contribution >= 4 is 5.95 Å². The maximum atomic E-state index is 5.43. The zero-order valence-corrected chi connectivity index (χ0v) is 10.9. The van der Waals surface area contributed by atoms with Gasteiger partial charge in [0.15, 0.2) is 0 Å². The first-order valence-electron chi connectivity index (χ1n) is 6.62. The summed E-state index contributed by atoms with van der Waals surface area (Å²) in [6.07, 6.45) is 7.78. The third-order valence-corrected chi connectivity index (χ3v) is 3.47. The van der Waals surface area contributed by atoms with Crippen LogP contribution in [-0.2, 0) is 6.42 Å². The Morgan fingerprint density at radius 2 is 2.11 bits per heavy atom. The van der Waals surface area contributed by atoms with Crippen molar-refractivity contribution in [1.82, 2.24) is 20.2 Å². The molecule has 19 heavy (non-hydrogen) atoms. The van der Waals surface area contributed by atoms with Gasteiger partial charge in [0.25, 0.3) is 0 Å². The summed E-state index contributed by atoms with van der Waals surface area (Å²) < 4.78 is 5.43. The van der Waals surface area contributed by atoms with Crippen molar-refractivity contribution < 1.29 is 4.42 Å². The lowest BCUT2D eigenvalue weighted by molar-refractivity contribution is 0.416. The third-order valence-electron chi connectivity index (χ3n) is 3.47. The van der Waals surface area contributed by atoms with E-state index in [1.54, 1.807) is 12.4 Å². The van der Waals surface area contributed by atoms with Gasteiger partial charge in [0.1, 0.15) is 0 Å². The van der Waals surface area contributed by atoms with E-state index in [1.807, 2.05) is 13.0 Å². The highest BCUT2D eigenvalue weighted by molar-refractivity contribution is 5.24. The molecule has 0 bridgehead atoms. The Balaban J connectivity index is 1.53. The normalized spacial score (nSPS) is 22.6. The Hall–Kier alpha value is -1.98. The highest BCUT2D eigenvalue weighted by atomic mass is 16.4. The second kappa shape index (κ2) is 5.34. The lowest BCUT2D eigenvalue weighted by Gasteiger charge is -2.12. The number of rotatable bonds is 4. The maximum Gasteiger partial charge on any atom is 0.222 e. The average Bonchev–Trinajstić information content (AvgIpc) is 3.01. The van der Waals surface area contributed by atoms with Gasteiger partial charge in [-0.2, -0.15) is 0 Å². The highest BCUT2D eigenvalue weighted by Crippen LogP contribution is 2.29. The van der Waals surface area contributed by atoms with Crippen LogP contribution in [0.4, 0.5) is 5.95 Å². The summed E-state index contributed by atoms with van der Waals surface area (Å²) in [5.41, 5.74) is 0. The second-order valence-corrected chi connectivity index (χ2v) is 5.01. The van der Waals surface area contributed by atoms with Gasteiger partial charge in [-0.3, -0.25) is 0 Å². The number of anilines is 1. The molecule has 0 aromatic carbocycles. The van der Waals surface area contributed by atoms with E-state index in [4.69, 9.17) is 4.42 Å². The standard InChI is InChI=1S/C13H17N5O/c1-9-17-18-12(19-9)8-10-3-4-11(7-10)16-13-14-5-2-6-15-13/h2,5-6,10-11H,3-4,7-8H2,1H3,(H,14,15,16)/t10-,11+/m1/s1. The summed E-state index contributed by atoms with van der Waals surface area (Å²) in [4.78, 5) is 8.38. The molecule has 1 fully saturated rings. The van der Waals surface area contributed by atoms with Gasteiger partial charge in [-0.15, -0.1) is 10.2 Å². The molecule has 2 aromatic heterocycles. The fourth-order valence-electron chi connectivity index (χ4n) is 2.61. The summed E-state index contributed by atoms with van der Waals surface area (Å²) in [5.74, 6) is 2.70. The SMILES string of the molecule is Cc1nnc(C[C@@H]2CC[C@H](Nc3ncccn3)C2)o1. The number of nitrogens with zero attached hydrogens (tertiary/aromatic N) is 4. The van der Waals surface area contributed by atoms with Crippen LogP contribution >= 0.6 is 0 Å². The Morgan fingerprint density at radius 1 is 1.26 bits per heavy atom. The lowest BCUT2D eigenvalue weighted by atomic mass is 10.0. The van der Waals surface area contributed by atoms with Gasteiger partial charge in [-0.1, -0.05) is 0 Å². The van der Waals surface area contributed by atoms with Gasteiger partial charge in [-0.25, -0.2) is 9.97 Å². The monoisotopic (exact) mass is 259 g/mol. The quantitative estimate of drug-likeness (QED) is 0.904. The Bertz CT molecular complexity index is 527. The van der Waals surface area contributed by atoms with E-state index < -0.39 is 0 Å². The lowest BCUT2D eigenvalue weighted by Crippen LogP contribution is -2.17. The van der Waals surface area contributed by atoms with E-state index in [2.05, 4.69) is 25.5 Å². The molecule has 6 nitrogen and oxygen atoms in total. The fraction of sp³-hybridized carbons (Fsp3) is 0.538. The van der Waals surface area contributed by atoms with E-state index >= 15 is 0 Å². The first-order chi connectivity index (χ1) is 9.29. The van der Waals surface area contributed by atoms with Crippen molar-refractivity contribution in [2.45, 2.75) is 38.6 Å². The smallest absolute Gasteiger partial charge is 0.222 e. The van der Waals surface area contributed by atoms with Crippen LogP contribution in [-0.4, -0.2) is 26.2 Å². The van der Waals surface area contributed by atoms with Crippen LogP contribution in [0.1, 0.15) is 31.0 Å². The summed E-state index contributed by atoms with van der Waals surface area (Å²) >= 11 is 0. The van der Waals surface area contributed by atoms with Gasteiger partial charge in [0.05, 0.1) is 0 Å². The molecule has 1 aliphatic carbocycles. The second-order valence-electron chi connectivity index (χ2n) is 5.01. The van der Waals surface area contributed by atoms with Crippen LogP contribution in [0.5, 0.6) is 0 Å². The molecule has 2 aromatic rings. The van der Waals surface area contributed by atoms with Crippen molar-refractivity contribution in [3.63, 3.8) is 0 Å². The molecule has 100 valence electrons. The van der Waals surface area contributed by atoms with Crippen LogP contribution in [0.25, 0.3) is 0 Å². The molecular formula is C13H17N5O. The van der Waals surface area contributed by atoms with Crippen LogP contribution in [0.2, 0.25) is 0 Å². The van der Waals surface area contributed by atoms with Crippen molar-refractivity contribution in [1.29, 1.82) is 0 Å². The zero-order valence-electron chi connectivity index (χ0n) is 10.9. The molecule has 2 heterocycles. The predicted molar refractivity (Wildman–Crippen MR) is 69.5 cm³/mol. The fourth-order valence-corrected chi connectivity index (χ4v) is 2.61. The number of nitrogens with one attached hydrogen (secondary N) is 1. The maximum absolute atomic E-state index is 5.43. The predicted octanol–water partition coefficient (Wildman–Crippen LogP) is 1.99. The first-order valence-corrected chi connectivity index (χ1v) is 6.62. The van der Waals surface area contributed by atoms with Crippen LogP contribution in [0.3, 0.4) is 0 Å². The zero-order chi connectivity index (χ0) is 13.1. The van der Waals surface area contributed by atoms with Gasteiger partial charge < -0.3 is 9.73 Å². The highest BCUT2D eigenvalue weighted by Gasteiger charge is 2.26. The molecule has 0 amide bonds. The Morgan fingerprint density at radius 3 is 2.84 bits per heavy atom. The minimum atomic E-state index is 0.441. The van der Waals surface area contributed by atoms with E-state index in [-0.39, 0.29) is 0 Å². The molecule has 0 unspecified atom stereocenters. The van der Waals surface area contributed by atoms with E-state index in [0.29, 0.717) is 23.8 Å². The molecule has 1 aliphatic rings. The van der Waals surface area contributed by atoms with Gasteiger partial charge >= 0.3 is 0 Å². The van der Waals surface area contributed by atoms with Crippen molar-refractivity contribution in [2.24, 2.45) is 5.92 Å². The van der Waals surface area contributed by atoms with E-state index in [1.165, 1.54) is 6.42 Å². The van der Waals surface area contributed by atoms with Gasteiger partial charge in [-0.05, 0) is 31.2 Å². The molecule has 0 radical (unpaired) electrons. The number of hydrogen-bond donors (Lipinski definition) is 1. The van der Waals surface area contributed by atoms with Gasteiger partial charge in [0, 0.05) is 31.8 Å². The van der Waals surface area contributed by atoms with Gasteiger partial charge in [0.2, 0.25) is 17.7 Å². The molecule has 2 atom stereocenters. The van der Waals surface area contributed by atoms with Crippen LogP contribution in [0.15, 0.2) is 22.9 Å². The minimum absolute atomic E-state index is 0.441. The van der Waals surface area contributed by atoms with E-state index in [0.717, 1.165) is 25.2 Å². The molecular weight excluding hydrogens is 242 g/mol. The average molecular weight is 259 g/mol. The van der Waals surface area contributed by atoms with Crippen LogP contribution < -0.4 is 5.32 Å². The molecule has 0 spiro atoms. The molecule has 1 saturated carbocycles. The molecule has 6 heteroatoms. The summed E-state index contributed by atoms with van der Waals surface area (Å²) in [6, 6.07) is 2.26. The van der Waals surface area contributed by atoms with Crippen molar-refractivity contribution in [2.75, 3.05) is 5.32 Å². The number of aryl methyl sites for hydroxylation is 1. The molecule has 1 N–H and O–H groups in total. The third kappa shape index (κ3) is 3.07. The number of aromatic nitrogens is 4. The molecule has 3 rings (SSSR count). The number of hydrogen-bond acceptors (Lipinski definition) is 6. The first kappa shape index (κ1) is 12.1. The minimum Gasteiger partial charge on any atom is -0.426 e. The Kier molecular flexibility index (Phi) is 3.39. The summed E-state index contributed by atoms with van der Waals surface area (Å²) in [5, 5.41) is 11.3. The topological polar surface area (TPSA) is 76.7 Å². The van der Waals surface area contributed by atoms with Crippen molar-refractivity contribution in [3.05, 3.63) is 30.2 Å². The largest absolute Gasteiger partial charge is 0.426 e. The summed E-state index contributed by atoms with van der Waals surface area (Å²) in [7, 11) is 0. The summed E-state index contributed by atoms with van der Waals surface area (Å²) in [6.45, 7) is 1.82. The molecule has 0 saturated heterocycles. The van der Waals surface area contributed by atoms with Crippen LogP contribution in [0, 0.1) is 12.8 Å².